The molecule has 1 N–H and O–H groups in total. The third-order valence-corrected chi connectivity index (χ3v) is 4.93. The molecule has 3 aromatic rings. The molecule has 0 saturated heterocycles. The summed E-state index contributed by atoms with van der Waals surface area (Å²) in [6, 6.07) is 17.0. The maximum Gasteiger partial charge on any atom is 0.262 e. The van der Waals surface area contributed by atoms with E-state index in [9.17, 15) is 4.79 Å². The van der Waals surface area contributed by atoms with Crippen LogP contribution in [0, 0.1) is 11.3 Å². The van der Waals surface area contributed by atoms with E-state index in [-0.39, 0.29) is 12.5 Å². The second-order valence-electron chi connectivity index (χ2n) is 7.09. The Hall–Kier alpha value is -3.59. The summed E-state index contributed by atoms with van der Waals surface area (Å²) in [5.41, 5.74) is 3.55. The number of aryl methyl sites for hydroxylation is 2. The maximum absolute atomic E-state index is 12.3. The number of nitrogens with zero attached hydrogens (tertiary/aromatic N) is 3. The molecule has 0 bridgehead atoms. The van der Waals surface area contributed by atoms with Gasteiger partial charge in [0.15, 0.2) is 6.61 Å². The van der Waals surface area contributed by atoms with Crippen molar-refractivity contribution < 1.29 is 9.53 Å². The number of ether oxygens (including phenoxy) is 1. The van der Waals surface area contributed by atoms with E-state index < -0.39 is 0 Å². The fourth-order valence-corrected chi connectivity index (χ4v) is 3.45. The van der Waals surface area contributed by atoms with Gasteiger partial charge in [0.1, 0.15) is 11.6 Å². The first-order chi connectivity index (χ1) is 14.2. The Bertz CT molecular complexity index is 1020. The van der Waals surface area contributed by atoms with Crippen molar-refractivity contribution in [1.82, 2.24) is 9.55 Å². The predicted octanol–water partition coefficient (Wildman–Crippen LogP) is 3.97. The van der Waals surface area contributed by atoms with E-state index in [2.05, 4.69) is 22.1 Å². The minimum atomic E-state index is -0.229. The molecule has 4 rings (SSSR count). The molecule has 146 valence electrons. The van der Waals surface area contributed by atoms with Gasteiger partial charge in [-0.25, -0.2) is 4.98 Å². The van der Waals surface area contributed by atoms with Gasteiger partial charge in [0.05, 0.1) is 18.2 Å². The number of aromatic nitrogens is 2. The van der Waals surface area contributed by atoms with Crippen LogP contribution in [0.1, 0.15) is 24.2 Å². The van der Waals surface area contributed by atoms with Crippen LogP contribution in [0.15, 0.2) is 54.7 Å². The van der Waals surface area contributed by atoms with E-state index in [1.54, 1.807) is 12.1 Å². The molecule has 0 atom stereocenters. The van der Waals surface area contributed by atoms with Gasteiger partial charge in [-0.2, -0.15) is 5.26 Å². The minimum Gasteiger partial charge on any atom is -0.484 e. The fraction of sp³-hybridized carbons (Fsp3) is 0.261. The number of fused-ring (bicyclic) bond motifs is 1. The van der Waals surface area contributed by atoms with Gasteiger partial charge >= 0.3 is 0 Å². The smallest absolute Gasteiger partial charge is 0.262 e. The molecule has 1 aliphatic rings. The third kappa shape index (κ3) is 4.64. The summed E-state index contributed by atoms with van der Waals surface area (Å²) in [4.78, 5) is 17.0. The van der Waals surface area contributed by atoms with Crippen molar-refractivity contribution in [3.63, 3.8) is 0 Å². The molecular weight excluding hydrogens is 364 g/mol. The average molecular weight is 386 g/mol. The monoisotopic (exact) mass is 386 g/mol. The highest BCUT2D eigenvalue weighted by atomic mass is 16.5. The number of amides is 1. The van der Waals surface area contributed by atoms with Gasteiger partial charge in [0.25, 0.3) is 5.91 Å². The van der Waals surface area contributed by atoms with Crippen LogP contribution in [0.5, 0.6) is 5.75 Å². The number of anilines is 1. The molecule has 2 aromatic carbocycles. The number of imidazole rings is 1. The lowest BCUT2D eigenvalue weighted by Crippen LogP contribution is -2.20. The van der Waals surface area contributed by atoms with Crippen molar-refractivity contribution in [2.45, 2.75) is 32.2 Å². The molecule has 0 aliphatic carbocycles. The van der Waals surface area contributed by atoms with Gasteiger partial charge in [-0.15, -0.1) is 0 Å². The summed E-state index contributed by atoms with van der Waals surface area (Å²) in [6.07, 6.45) is 5.85. The summed E-state index contributed by atoms with van der Waals surface area (Å²) >= 11 is 0. The van der Waals surface area contributed by atoms with Crippen molar-refractivity contribution in [2.24, 2.45) is 0 Å². The van der Waals surface area contributed by atoms with E-state index in [1.165, 1.54) is 12.8 Å². The normalized spacial score (nSPS) is 12.7. The second kappa shape index (κ2) is 8.61. The molecule has 1 aromatic heterocycles. The molecule has 29 heavy (non-hydrogen) atoms. The number of nitriles is 1. The summed E-state index contributed by atoms with van der Waals surface area (Å²) < 4.78 is 7.75. The first-order valence-electron chi connectivity index (χ1n) is 9.76. The van der Waals surface area contributed by atoms with Crippen LogP contribution in [-0.4, -0.2) is 22.1 Å². The van der Waals surface area contributed by atoms with Crippen molar-refractivity contribution in [3.8, 4) is 23.1 Å². The summed E-state index contributed by atoms with van der Waals surface area (Å²) in [6.45, 7) is 0.939. The van der Waals surface area contributed by atoms with Gasteiger partial charge in [0, 0.05) is 30.4 Å². The van der Waals surface area contributed by atoms with Crippen LogP contribution in [0.25, 0.3) is 11.3 Å². The molecule has 6 nitrogen and oxygen atoms in total. The molecule has 0 saturated carbocycles. The Balaban J connectivity index is 1.37. The van der Waals surface area contributed by atoms with Crippen LogP contribution >= 0.6 is 0 Å². The van der Waals surface area contributed by atoms with Gasteiger partial charge in [-0.1, -0.05) is 24.3 Å². The Morgan fingerprint density at radius 3 is 2.86 bits per heavy atom. The Labute approximate surface area is 169 Å². The molecule has 6 heteroatoms. The van der Waals surface area contributed by atoms with Gasteiger partial charge in [-0.3, -0.25) is 4.79 Å². The van der Waals surface area contributed by atoms with E-state index >= 15 is 0 Å². The van der Waals surface area contributed by atoms with Crippen LogP contribution in [0.2, 0.25) is 0 Å². The molecule has 0 radical (unpaired) electrons. The number of nitrogens with one attached hydrogen (secondary N) is 1. The minimum absolute atomic E-state index is 0.0827. The lowest BCUT2D eigenvalue weighted by atomic mass is 10.1. The third-order valence-electron chi connectivity index (χ3n) is 4.93. The van der Waals surface area contributed by atoms with E-state index in [4.69, 9.17) is 15.0 Å². The molecule has 0 fully saturated rings. The summed E-state index contributed by atoms with van der Waals surface area (Å²) in [5, 5.41) is 11.6. The van der Waals surface area contributed by atoms with Crippen LogP contribution in [0.3, 0.4) is 0 Å². The zero-order valence-corrected chi connectivity index (χ0v) is 16.1. The highest BCUT2D eigenvalue weighted by Crippen LogP contribution is 2.25. The number of rotatable bonds is 6. The van der Waals surface area contributed by atoms with Gasteiger partial charge in [-0.05, 0) is 42.7 Å². The Morgan fingerprint density at radius 2 is 2.07 bits per heavy atom. The standard InChI is InChI=1S/C23H22N4O2/c24-12-11-17-7-9-20(10-8-17)29-16-23(28)25-19-5-3-4-18(14-19)21-15-27-13-2-1-6-22(27)26-21/h3-5,7-10,14-15H,1-2,6,11,13,16H2,(H,25,28). The lowest BCUT2D eigenvalue weighted by Gasteiger charge is -2.11. The van der Waals surface area contributed by atoms with Crippen LogP contribution < -0.4 is 10.1 Å². The zero-order chi connectivity index (χ0) is 20.1. The summed E-state index contributed by atoms with van der Waals surface area (Å²) in [7, 11) is 0. The quantitative estimate of drug-likeness (QED) is 0.695. The maximum atomic E-state index is 12.3. The molecule has 1 aliphatic heterocycles. The molecule has 0 spiro atoms. The predicted molar refractivity (Wildman–Crippen MR) is 110 cm³/mol. The highest BCUT2D eigenvalue weighted by molar-refractivity contribution is 5.92. The number of carbonyl (C=O) groups excluding carboxylic acids is 1. The molecule has 2 heterocycles. The second-order valence-corrected chi connectivity index (χ2v) is 7.09. The number of benzene rings is 2. The number of hydrogen-bond donors (Lipinski definition) is 1. The summed E-state index contributed by atoms with van der Waals surface area (Å²) in [5.74, 6) is 1.50. The van der Waals surface area contributed by atoms with Crippen molar-refractivity contribution in [3.05, 3.63) is 66.1 Å². The van der Waals surface area contributed by atoms with Crippen molar-refractivity contribution >= 4 is 11.6 Å². The van der Waals surface area contributed by atoms with Crippen molar-refractivity contribution in [2.75, 3.05) is 11.9 Å². The molecule has 1 amide bonds. The Kier molecular flexibility index (Phi) is 5.57. The Morgan fingerprint density at radius 1 is 1.21 bits per heavy atom. The van der Waals surface area contributed by atoms with Gasteiger partial charge < -0.3 is 14.6 Å². The average Bonchev–Trinajstić information content (AvgIpc) is 3.18. The first-order valence-corrected chi connectivity index (χ1v) is 9.76. The van der Waals surface area contributed by atoms with Crippen molar-refractivity contribution in [1.29, 1.82) is 5.26 Å². The van der Waals surface area contributed by atoms with Crippen LogP contribution in [-0.2, 0) is 24.2 Å². The largest absolute Gasteiger partial charge is 0.484 e. The zero-order valence-electron chi connectivity index (χ0n) is 16.1. The molecular formula is C23H22N4O2. The lowest BCUT2D eigenvalue weighted by molar-refractivity contribution is -0.118. The van der Waals surface area contributed by atoms with E-state index in [0.29, 0.717) is 17.9 Å². The van der Waals surface area contributed by atoms with E-state index in [0.717, 1.165) is 35.6 Å². The fourth-order valence-electron chi connectivity index (χ4n) is 3.45. The van der Waals surface area contributed by atoms with Crippen LogP contribution in [0.4, 0.5) is 5.69 Å². The van der Waals surface area contributed by atoms with Gasteiger partial charge in [0.2, 0.25) is 0 Å². The molecule has 0 unspecified atom stereocenters. The SMILES string of the molecule is N#CCc1ccc(OCC(=O)Nc2cccc(-c3cn4c(n3)CCCC4)c2)cc1. The topological polar surface area (TPSA) is 79.9 Å². The number of hydrogen-bond acceptors (Lipinski definition) is 4. The first kappa shape index (κ1) is 18.8. The highest BCUT2D eigenvalue weighted by Gasteiger charge is 2.13. The number of carbonyl (C=O) groups is 1. The van der Waals surface area contributed by atoms with E-state index in [1.807, 2.05) is 36.4 Å².